The van der Waals surface area contributed by atoms with Crippen molar-refractivity contribution >= 4 is 54.3 Å². The average molecular weight is 327 g/mol. The zero-order chi connectivity index (χ0) is 15.2. The number of rotatable bonds is 10. The standard InChI is InChI=1S/C11H22OS.2CH2OS/c1-2-3-4-5-6-7-8-9-10-12-11-13;2*2-1-3/h11H,2-10H2,1H3;2*1H,(H,2,3). The lowest BCUT2D eigenvalue weighted by Gasteiger charge is -2.00. The number of hydrogen-bond donors (Lipinski definition) is 2. The van der Waals surface area contributed by atoms with Crippen molar-refractivity contribution in [1.29, 1.82) is 0 Å². The van der Waals surface area contributed by atoms with E-state index < -0.39 is 0 Å². The molecule has 0 fully saturated rings. The molecular formula is C13H26O3S3. The van der Waals surface area contributed by atoms with Crippen LogP contribution in [0.2, 0.25) is 0 Å². The Morgan fingerprint density at radius 3 is 1.63 bits per heavy atom. The summed E-state index contributed by atoms with van der Waals surface area (Å²) in [5.74, 6) is 0. The summed E-state index contributed by atoms with van der Waals surface area (Å²) in [5, 5.41) is 0. The van der Waals surface area contributed by atoms with Crippen LogP contribution in [0.4, 0.5) is 0 Å². The Bertz CT molecular complexity index is 173. The van der Waals surface area contributed by atoms with E-state index in [1.54, 1.807) is 0 Å². The van der Waals surface area contributed by atoms with E-state index in [4.69, 9.17) is 14.3 Å². The topological polar surface area (TPSA) is 43.4 Å². The van der Waals surface area contributed by atoms with Gasteiger partial charge in [0.2, 0.25) is 0 Å². The van der Waals surface area contributed by atoms with Crippen LogP contribution in [0, 0.1) is 0 Å². The van der Waals surface area contributed by atoms with E-state index in [9.17, 15) is 0 Å². The number of ether oxygens (including phenoxy) is 1. The number of carbonyl (C=O) groups excluding carboxylic acids is 2. The monoisotopic (exact) mass is 326 g/mol. The zero-order valence-corrected chi connectivity index (χ0v) is 14.2. The van der Waals surface area contributed by atoms with Crippen molar-refractivity contribution in [1.82, 2.24) is 0 Å². The van der Waals surface area contributed by atoms with Crippen molar-refractivity contribution in [3.8, 4) is 0 Å². The molecule has 0 aliphatic heterocycles. The summed E-state index contributed by atoms with van der Waals surface area (Å²) in [7, 11) is 0. The van der Waals surface area contributed by atoms with Crippen LogP contribution in [0.25, 0.3) is 0 Å². The average Bonchev–Trinajstić information content (AvgIpc) is 2.39. The van der Waals surface area contributed by atoms with Gasteiger partial charge >= 0.3 is 0 Å². The maximum atomic E-state index is 8.67. The molecule has 0 unspecified atom stereocenters. The number of unbranched alkanes of at least 4 members (excludes halogenated alkanes) is 7. The van der Waals surface area contributed by atoms with Gasteiger partial charge in [0.25, 0.3) is 0 Å². The molecule has 0 rings (SSSR count). The van der Waals surface area contributed by atoms with Gasteiger partial charge < -0.3 is 4.74 Å². The summed E-state index contributed by atoms with van der Waals surface area (Å²) in [6, 6.07) is 0. The van der Waals surface area contributed by atoms with E-state index in [1.807, 2.05) is 0 Å². The predicted molar refractivity (Wildman–Crippen MR) is 93.7 cm³/mol. The second-order valence-corrected chi connectivity index (χ2v) is 4.27. The van der Waals surface area contributed by atoms with Crippen LogP contribution in [0.15, 0.2) is 0 Å². The number of thiol groups is 2. The van der Waals surface area contributed by atoms with E-state index in [0.29, 0.717) is 11.2 Å². The molecule has 0 heterocycles. The molecule has 0 N–H and O–H groups in total. The lowest BCUT2D eigenvalue weighted by Crippen LogP contribution is -1.90. The van der Waals surface area contributed by atoms with Crippen LogP contribution in [0.1, 0.15) is 58.3 Å². The molecule has 0 saturated carbocycles. The molecule has 0 amide bonds. The second-order valence-electron chi connectivity index (χ2n) is 3.65. The lowest BCUT2D eigenvalue weighted by atomic mass is 10.1. The second kappa shape index (κ2) is 30.7. The maximum absolute atomic E-state index is 8.67. The molecule has 0 aromatic rings. The largest absolute Gasteiger partial charge is 0.490 e. The van der Waals surface area contributed by atoms with Crippen LogP contribution in [0.5, 0.6) is 0 Å². The van der Waals surface area contributed by atoms with Gasteiger partial charge in [-0.05, 0) is 18.6 Å². The van der Waals surface area contributed by atoms with Crippen molar-refractivity contribution in [3.05, 3.63) is 0 Å². The maximum Gasteiger partial charge on any atom is 0.173 e. The van der Waals surface area contributed by atoms with Gasteiger partial charge in [0.05, 0.1) is 6.61 Å². The fourth-order valence-electron chi connectivity index (χ4n) is 1.37. The van der Waals surface area contributed by atoms with E-state index in [0.717, 1.165) is 13.0 Å². The van der Waals surface area contributed by atoms with Gasteiger partial charge in [-0.15, -0.1) is 25.3 Å². The number of carbonyl (C=O) groups is 2. The highest BCUT2D eigenvalue weighted by Crippen LogP contribution is 2.07. The van der Waals surface area contributed by atoms with Gasteiger partial charge in [0, 0.05) is 0 Å². The first-order valence-electron chi connectivity index (χ1n) is 6.45. The lowest BCUT2D eigenvalue weighted by molar-refractivity contribution is 0.312. The molecule has 0 aliphatic rings. The van der Waals surface area contributed by atoms with E-state index in [2.05, 4.69) is 44.4 Å². The van der Waals surface area contributed by atoms with Gasteiger partial charge in [-0.25, -0.2) is 0 Å². The molecule has 6 heteroatoms. The molecule has 114 valence electrons. The molecule has 3 nitrogen and oxygen atoms in total. The number of hydrogen-bond acceptors (Lipinski definition) is 4. The van der Waals surface area contributed by atoms with Crippen molar-refractivity contribution in [3.63, 3.8) is 0 Å². The smallest absolute Gasteiger partial charge is 0.173 e. The first kappa shape index (κ1) is 24.0. The van der Waals surface area contributed by atoms with Crippen molar-refractivity contribution in [2.24, 2.45) is 0 Å². The quantitative estimate of drug-likeness (QED) is 0.272. The number of thiocarbonyl (C=S) groups is 1. The Morgan fingerprint density at radius 2 is 1.26 bits per heavy atom. The minimum Gasteiger partial charge on any atom is -0.490 e. The van der Waals surface area contributed by atoms with Gasteiger partial charge in [-0.3, -0.25) is 9.59 Å². The highest BCUT2D eigenvalue weighted by Gasteiger charge is 1.90. The molecule has 0 radical (unpaired) electrons. The third kappa shape index (κ3) is 46.1. The Hall–Kier alpha value is -0.0700. The summed E-state index contributed by atoms with van der Waals surface area (Å²) in [6.45, 7) is 3.06. The molecule has 0 spiro atoms. The molecular weight excluding hydrogens is 300 g/mol. The minimum absolute atomic E-state index is 0.444. The van der Waals surface area contributed by atoms with Crippen molar-refractivity contribution in [2.75, 3.05) is 6.61 Å². The Labute approximate surface area is 133 Å². The first-order chi connectivity index (χ1) is 9.24. The molecule has 0 atom stereocenters. The van der Waals surface area contributed by atoms with Crippen LogP contribution >= 0.6 is 37.5 Å². The van der Waals surface area contributed by atoms with Gasteiger partial charge in [0.15, 0.2) is 11.2 Å². The third-order valence-electron chi connectivity index (χ3n) is 2.18. The summed E-state index contributed by atoms with van der Waals surface area (Å²) >= 11 is 10.8. The minimum atomic E-state index is 0.444. The van der Waals surface area contributed by atoms with Gasteiger partial charge in [0.1, 0.15) is 5.55 Å². The summed E-state index contributed by atoms with van der Waals surface area (Å²) in [4.78, 5) is 17.3. The van der Waals surface area contributed by atoms with Crippen LogP contribution in [-0.2, 0) is 14.3 Å². The van der Waals surface area contributed by atoms with Crippen LogP contribution in [-0.4, -0.2) is 23.4 Å². The Kier molecular flexibility index (Phi) is 38.8. The van der Waals surface area contributed by atoms with Crippen molar-refractivity contribution < 1.29 is 14.3 Å². The van der Waals surface area contributed by atoms with Gasteiger partial charge in [-0.2, -0.15) is 0 Å². The molecule has 0 aromatic carbocycles. The first-order valence-corrected chi connectivity index (χ1v) is 7.96. The Balaban J connectivity index is -0.000000360. The van der Waals surface area contributed by atoms with E-state index >= 15 is 0 Å². The predicted octanol–water partition coefficient (Wildman–Crippen LogP) is 4.31. The van der Waals surface area contributed by atoms with Crippen molar-refractivity contribution in [2.45, 2.75) is 58.3 Å². The molecule has 0 saturated heterocycles. The van der Waals surface area contributed by atoms with E-state index in [1.165, 1.54) is 50.5 Å². The van der Waals surface area contributed by atoms with Crippen LogP contribution in [0.3, 0.4) is 0 Å². The molecule has 19 heavy (non-hydrogen) atoms. The fraction of sp³-hybridized carbons (Fsp3) is 0.769. The summed E-state index contributed by atoms with van der Waals surface area (Å²) in [5.41, 5.74) is 2.25. The summed E-state index contributed by atoms with van der Waals surface area (Å²) in [6.07, 6.45) is 10.7. The van der Waals surface area contributed by atoms with Crippen LogP contribution < -0.4 is 0 Å². The Morgan fingerprint density at radius 1 is 0.895 bits per heavy atom. The molecule has 0 aliphatic carbocycles. The van der Waals surface area contributed by atoms with E-state index in [-0.39, 0.29) is 0 Å². The zero-order valence-electron chi connectivity index (χ0n) is 11.6. The summed E-state index contributed by atoms with van der Waals surface area (Å²) < 4.78 is 4.97. The highest BCUT2D eigenvalue weighted by molar-refractivity contribution is 7.94. The fourth-order valence-corrected chi connectivity index (χ4v) is 1.46. The van der Waals surface area contributed by atoms with Gasteiger partial charge in [-0.1, -0.05) is 51.9 Å². The highest BCUT2D eigenvalue weighted by atomic mass is 32.1. The SMILES string of the molecule is CCCCCCCCCCOC=S.O=CS.O=CS. The third-order valence-corrected chi connectivity index (χ3v) is 2.32. The molecule has 0 bridgehead atoms. The normalized spacial score (nSPS) is 8.16. The molecule has 0 aromatic heterocycles.